The van der Waals surface area contributed by atoms with Gasteiger partial charge in [-0.05, 0) is 30.0 Å². The van der Waals surface area contributed by atoms with Crippen molar-refractivity contribution in [2.24, 2.45) is 0 Å². The lowest BCUT2D eigenvalue weighted by Gasteiger charge is -2.01. The predicted octanol–water partition coefficient (Wildman–Crippen LogP) is 4.11. The number of nitriles is 1. The number of hydrogen-bond donors (Lipinski definition) is 0. The number of allylic oxidation sites excluding steroid dienone is 1. The van der Waals surface area contributed by atoms with Gasteiger partial charge < -0.3 is 0 Å². The molecule has 23 heavy (non-hydrogen) atoms. The van der Waals surface area contributed by atoms with E-state index in [1.165, 1.54) is 30.3 Å². The molecule has 0 aliphatic heterocycles. The Morgan fingerprint density at radius 2 is 1.96 bits per heavy atom. The zero-order chi connectivity index (χ0) is 16.8. The van der Waals surface area contributed by atoms with Gasteiger partial charge in [0, 0.05) is 22.6 Å². The van der Waals surface area contributed by atoms with Gasteiger partial charge in [0.15, 0.2) is 0 Å². The number of nitrogens with zero attached hydrogens (tertiary/aromatic N) is 2. The molecular formula is C17H12N2O3S. The molecule has 0 saturated carbocycles. The summed E-state index contributed by atoms with van der Waals surface area (Å²) in [4.78, 5) is 23.6. The molecule has 0 bridgehead atoms. The Bertz CT molecular complexity index is 820. The van der Waals surface area contributed by atoms with Crippen molar-refractivity contribution in [1.29, 1.82) is 5.26 Å². The molecule has 0 N–H and O–H groups in total. The Morgan fingerprint density at radius 3 is 2.52 bits per heavy atom. The molecular weight excluding hydrogens is 312 g/mol. The Morgan fingerprint density at radius 1 is 1.26 bits per heavy atom. The fraction of sp³-hybridized carbons (Fsp3) is 0.0588. The van der Waals surface area contributed by atoms with E-state index >= 15 is 0 Å². The summed E-state index contributed by atoms with van der Waals surface area (Å²) in [6, 6.07) is 14.6. The molecule has 2 aromatic carbocycles. The van der Waals surface area contributed by atoms with Crippen LogP contribution in [0.3, 0.4) is 0 Å². The van der Waals surface area contributed by atoms with Gasteiger partial charge in [0.25, 0.3) is 5.69 Å². The number of nitro groups is 1. The maximum absolute atomic E-state index is 12.4. The molecule has 0 heterocycles. The fourth-order valence-electron chi connectivity index (χ4n) is 1.93. The quantitative estimate of drug-likeness (QED) is 0.206. The molecule has 0 aliphatic carbocycles. The van der Waals surface area contributed by atoms with E-state index in [-0.39, 0.29) is 16.8 Å². The first-order valence-corrected chi connectivity index (χ1v) is 7.82. The van der Waals surface area contributed by atoms with E-state index in [9.17, 15) is 20.2 Å². The van der Waals surface area contributed by atoms with Crippen LogP contribution < -0.4 is 0 Å². The fourth-order valence-corrected chi connectivity index (χ4v) is 2.34. The van der Waals surface area contributed by atoms with E-state index in [0.717, 1.165) is 10.5 Å². The third kappa shape index (κ3) is 4.05. The molecule has 2 rings (SSSR count). The van der Waals surface area contributed by atoms with Crippen molar-refractivity contribution < 1.29 is 9.72 Å². The van der Waals surface area contributed by atoms with Crippen LogP contribution >= 0.6 is 11.8 Å². The van der Waals surface area contributed by atoms with Gasteiger partial charge in [-0.15, -0.1) is 11.8 Å². The van der Waals surface area contributed by atoms with Crippen molar-refractivity contribution in [3.05, 3.63) is 75.3 Å². The molecule has 0 radical (unpaired) electrons. The Balaban J connectivity index is 2.34. The molecule has 0 unspecified atom stereocenters. The minimum absolute atomic E-state index is 0.0672. The van der Waals surface area contributed by atoms with Gasteiger partial charge in [-0.1, -0.05) is 24.3 Å². The average Bonchev–Trinajstić information content (AvgIpc) is 2.59. The highest BCUT2D eigenvalue weighted by Gasteiger charge is 2.15. The highest BCUT2D eigenvalue weighted by molar-refractivity contribution is 7.98. The van der Waals surface area contributed by atoms with Gasteiger partial charge in [0.05, 0.1) is 4.92 Å². The molecule has 0 amide bonds. The third-order valence-electron chi connectivity index (χ3n) is 3.11. The number of ketones is 1. The molecule has 114 valence electrons. The van der Waals surface area contributed by atoms with Crippen LogP contribution in [-0.4, -0.2) is 17.0 Å². The minimum Gasteiger partial charge on any atom is -0.288 e. The van der Waals surface area contributed by atoms with Crippen molar-refractivity contribution >= 4 is 29.3 Å². The number of carbonyl (C=O) groups excluding carboxylic acids is 1. The summed E-state index contributed by atoms with van der Waals surface area (Å²) in [6.07, 6.45) is 3.43. The first kappa shape index (κ1) is 16.5. The first-order chi connectivity index (χ1) is 11.0. The van der Waals surface area contributed by atoms with E-state index in [4.69, 9.17) is 0 Å². The van der Waals surface area contributed by atoms with E-state index in [1.54, 1.807) is 11.8 Å². The second-order valence-corrected chi connectivity index (χ2v) is 5.46. The monoisotopic (exact) mass is 324 g/mol. The van der Waals surface area contributed by atoms with Crippen molar-refractivity contribution in [1.82, 2.24) is 0 Å². The van der Waals surface area contributed by atoms with Crippen LogP contribution in [0.2, 0.25) is 0 Å². The summed E-state index contributed by atoms with van der Waals surface area (Å²) in [5.41, 5.74) is 0.589. The molecule has 0 aliphatic rings. The molecule has 0 aromatic heterocycles. The number of thioether (sulfide) groups is 1. The smallest absolute Gasteiger partial charge is 0.270 e. The van der Waals surface area contributed by atoms with Crippen LogP contribution in [0.1, 0.15) is 15.9 Å². The van der Waals surface area contributed by atoms with Gasteiger partial charge in [-0.25, -0.2) is 0 Å². The summed E-state index contributed by atoms with van der Waals surface area (Å²) >= 11 is 1.59. The summed E-state index contributed by atoms with van der Waals surface area (Å²) in [5, 5.41) is 20.0. The second-order valence-electron chi connectivity index (χ2n) is 4.58. The van der Waals surface area contributed by atoms with Gasteiger partial charge in [0.1, 0.15) is 11.6 Å². The third-order valence-corrected chi connectivity index (χ3v) is 3.85. The zero-order valence-corrected chi connectivity index (χ0v) is 13.0. The number of benzene rings is 2. The molecule has 2 aromatic rings. The van der Waals surface area contributed by atoms with Crippen LogP contribution in [0, 0.1) is 21.4 Å². The highest BCUT2D eigenvalue weighted by atomic mass is 32.2. The lowest BCUT2D eigenvalue weighted by Crippen LogP contribution is -2.02. The average molecular weight is 324 g/mol. The van der Waals surface area contributed by atoms with Crippen molar-refractivity contribution in [3.63, 3.8) is 0 Å². The number of non-ortho nitro benzene ring substituents is 1. The Kier molecular flexibility index (Phi) is 5.28. The SMILES string of the molecule is CSc1ccc(/C=C(\C#N)C(=O)c2cccc([N+](=O)[O-])c2)cc1. The van der Waals surface area contributed by atoms with Crippen LogP contribution in [0.15, 0.2) is 59.0 Å². The van der Waals surface area contributed by atoms with Crippen LogP contribution in [0.25, 0.3) is 6.08 Å². The van der Waals surface area contributed by atoms with E-state index in [2.05, 4.69) is 0 Å². The number of Topliss-reactive ketones (excluding diaryl/α,β-unsaturated/α-hetero) is 1. The lowest BCUT2D eigenvalue weighted by atomic mass is 10.0. The number of nitro benzene ring substituents is 1. The topological polar surface area (TPSA) is 84.0 Å². The molecule has 5 nitrogen and oxygen atoms in total. The second kappa shape index (κ2) is 7.38. The summed E-state index contributed by atoms with van der Waals surface area (Å²) < 4.78 is 0. The number of carbonyl (C=O) groups is 1. The van der Waals surface area contributed by atoms with Crippen LogP contribution in [-0.2, 0) is 0 Å². The van der Waals surface area contributed by atoms with Crippen LogP contribution in [0.4, 0.5) is 5.69 Å². The maximum Gasteiger partial charge on any atom is 0.270 e. The van der Waals surface area contributed by atoms with Crippen LogP contribution in [0.5, 0.6) is 0 Å². The molecule has 0 saturated heterocycles. The molecule has 0 spiro atoms. The lowest BCUT2D eigenvalue weighted by molar-refractivity contribution is -0.384. The molecule has 0 fully saturated rings. The zero-order valence-electron chi connectivity index (χ0n) is 12.2. The normalized spacial score (nSPS) is 10.9. The van der Waals surface area contributed by atoms with Crippen molar-refractivity contribution in [2.45, 2.75) is 4.90 Å². The molecule has 6 heteroatoms. The Labute approximate surface area is 137 Å². The van der Waals surface area contributed by atoms with Gasteiger partial charge in [0.2, 0.25) is 5.78 Å². The summed E-state index contributed by atoms with van der Waals surface area (Å²) in [7, 11) is 0. The minimum atomic E-state index is -0.576. The van der Waals surface area contributed by atoms with E-state index < -0.39 is 10.7 Å². The summed E-state index contributed by atoms with van der Waals surface area (Å²) in [5.74, 6) is -0.537. The van der Waals surface area contributed by atoms with Crippen molar-refractivity contribution in [2.75, 3.05) is 6.26 Å². The predicted molar refractivity (Wildman–Crippen MR) is 89.2 cm³/mol. The Hall–Kier alpha value is -2.91. The van der Waals surface area contributed by atoms with E-state index in [0.29, 0.717) is 0 Å². The van der Waals surface area contributed by atoms with Gasteiger partial charge >= 0.3 is 0 Å². The van der Waals surface area contributed by atoms with Gasteiger partial charge in [-0.3, -0.25) is 14.9 Å². The molecule has 0 atom stereocenters. The standard InChI is InChI=1S/C17H12N2O3S/c1-23-16-7-5-12(6-8-16)9-14(11-18)17(20)13-3-2-4-15(10-13)19(21)22/h2-10H,1H3/b14-9+. The largest absolute Gasteiger partial charge is 0.288 e. The van der Waals surface area contributed by atoms with Gasteiger partial charge in [-0.2, -0.15) is 5.26 Å². The number of rotatable bonds is 5. The maximum atomic E-state index is 12.4. The van der Waals surface area contributed by atoms with E-state index in [1.807, 2.05) is 36.6 Å². The first-order valence-electron chi connectivity index (χ1n) is 6.60. The van der Waals surface area contributed by atoms with Crippen molar-refractivity contribution in [3.8, 4) is 6.07 Å². The summed E-state index contributed by atoms with van der Waals surface area (Å²) in [6.45, 7) is 0. The number of hydrogen-bond acceptors (Lipinski definition) is 5. The highest BCUT2D eigenvalue weighted by Crippen LogP contribution is 2.19.